The van der Waals surface area contributed by atoms with Gasteiger partial charge >= 0.3 is 5.97 Å². The Kier molecular flexibility index (Phi) is 6.55. The van der Waals surface area contributed by atoms with E-state index in [1.54, 1.807) is 6.92 Å². The molecule has 0 bridgehead atoms. The lowest BCUT2D eigenvalue weighted by molar-refractivity contribution is 0.0601. The highest BCUT2D eigenvalue weighted by Crippen LogP contribution is 2.38. The molecule has 1 aliphatic carbocycles. The highest BCUT2D eigenvalue weighted by molar-refractivity contribution is 7.91. The van der Waals surface area contributed by atoms with Crippen LogP contribution in [0.4, 0.5) is 5.00 Å². The summed E-state index contributed by atoms with van der Waals surface area (Å²) in [6.07, 6.45) is 5.01. The minimum absolute atomic E-state index is 0.0844. The Labute approximate surface area is 177 Å². The average molecular weight is 458 g/mol. The van der Waals surface area contributed by atoms with Crippen LogP contribution in [0, 0.1) is 0 Å². The lowest BCUT2D eigenvalue weighted by atomic mass is 9.95. The minimum Gasteiger partial charge on any atom is -0.465 e. The molecule has 1 amide bonds. The number of aromatic nitrogens is 2. The normalized spacial score (nSPS) is 13.6. The summed E-state index contributed by atoms with van der Waals surface area (Å²) in [5.41, 5.74) is 0.964. The van der Waals surface area contributed by atoms with Gasteiger partial charge in [-0.3, -0.25) is 4.79 Å². The maximum atomic E-state index is 12.8. The van der Waals surface area contributed by atoms with Gasteiger partial charge in [0.1, 0.15) is 5.00 Å². The first-order chi connectivity index (χ1) is 13.8. The Morgan fingerprint density at radius 2 is 2.03 bits per heavy atom. The lowest BCUT2D eigenvalue weighted by Gasteiger charge is -2.12. The summed E-state index contributed by atoms with van der Waals surface area (Å²) in [7, 11) is -2.43. The van der Waals surface area contributed by atoms with Gasteiger partial charge in [0.15, 0.2) is 5.69 Å². The van der Waals surface area contributed by atoms with Crippen molar-refractivity contribution in [2.75, 3.05) is 18.2 Å². The Morgan fingerprint density at radius 3 is 2.72 bits per heavy atom. The molecule has 1 N–H and O–H groups in total. The maximum Gasteiger partial charge on any atom is 0.341 e. The van der Waals surface area contributed by atoms with Gasteiger partial charge in [-0.15, -0.1) is 11.3 Å². The zero-order chi connectivity index (χ0) is 21.2. The van der Waals surface area contributed by atoms with E-state index in [0.29, 0.717) is 17.0 Å². The molecule has 0 saturated carbocycles. The Morgan fingerprint density at radius 1 is 1.31 bits per heavy atom. The van der Waals surface area contributed by atoms with Crippen molar-refractivity contribution in [1.82, 2.24) is 9.97 Å². The van der Waals surface area contributed by atoms with E-state index in [1.165, 1.54) is 18.4 Å². The molecule has 2 heterocycles. The molecule has 29 heavy (non-hydrogen) atoms. The second-order valence-corrected chi connectivity index (χ2v) is 10.0. The number of fused-ring (bicyclic) bond motifs is 1. The SMILES string of the molecule is CCCS(=O)(=O)c1ncc(Cl)c(C(=O)Nc2sc3c(c2C(=O)OC)CCCC3)n1. The number of hydrogen-bond acceptors (Lipinski definition) is 8. The third kappa shape index (κ3) is 4.44. The van der Waals surface area contributed by atoms with Gasteiger partial charge in [-0.05, 0) is 37.7 Å². The molecular weight excluding hydrogens is 438 g/mol. The predicted molar refractivity (Wildman–Crippen MR) is 110 cm³/mol. The third-order valence-corrected chi connectivity index (χ3v) is 7.66. The molecule has 0 aromatic carbocycles. The fraction of sp³-hybridized carbons (Fsp3) is 0.444. The number of ether oxygens (including phenoxy) is 1. The molecule has 0 spiro atoms. The standard InChI is InChI=1S/C18H20ClN3O5S2/c1-3-8-29(25,26)18-20-9-11(19)14(21-18)15(23)22-16-13(17(24)27-2)10-6-4-5-7-12(10)28-16/h9H,3-8H2,1-2H3,(H,22,23). The molecule has 8 nitrogen and oxygen atoms in total. The molecule has 11 heteroatoms. The summed E-state index contributed by atoms with van der Waals surface area (Å²) >= 11 is 7.36. The van der Waals surface area contributed by atoms with Crippen molar-refractivity contribution in [2.24, 2.45) is 0 Å². The number of halogens is 1. The van der Waals surface area contributed by atoms with E-state index in [-0.39, 0.29) is 16.5 Å². The van der Waals surface area contributed by atoms with E-state index in [1.807, 2.05) is 0 Å². The van der Waals surface area contributed by atoms with Crippen molar-refractivity contribution in [3.8, 4) is 0 Å². The topological polar surface area (TPSA) is 115 Å². The van der Waals surface area contributed by atoms with Gasteiger partial charge < -0.3 is 10.1 Å². The van der Waals surface area contributed by atoms with Crippen molar-refractivity contribution in [3.05, 3.63) is 32.9 Å². The van der Waals surface area contributed by atoms with Crippen LogP contribution in [0.2, 0.25) is 5.02 Å². The van der Waals surface area contributed by atoms with Crippen LogP contribution in [0.3, 0.4) is 0 Å². The van der Waals surface area contributed by atoms with Crippen molar-refractivity contribution in [2.45, 2.75) is 44.2 Å². The zero-order valence-electron chi connectivity index (χ0n) is 16.0. The summed E-state index contributed by atoms with van der Waals surface area (Å²) in [6.45, 7) is 1.72. The number of aryl methyl sites for hydroxylation is 1. The summed E-state index contributed by atoms with van der Waals surface area (Å²) in [4.78, 5) is 33.8. The number of anilines is 1. The van der Waals surface area contributed by atoms with Crippen LogP contribution in [-0.2, 0) is 27.4 Å². The minimum atomic E-state index is -3.72. The van der Waals surface area contributed by atoms with Crippen LogP contribution in [0.15, 0.2) is 11.4 Å². The van der Waals surface area contributed by atoms with Gasteiger partial charge in [-0.1, -0.05) is 18.5 Å². The van der Waals surface area contributed by atoms with Gasteiger partial charge in [0.2, 0.25) is 15.0 Å². The number of thiophene rings is 1. The molecule has 0 atom stereocenters. The number of carbonyl (C=O) groups excluding carboxylic acids is 2. The number of nitrogens with zero attached hydrogens (tertiary/aromatic N) is 2. The quantitative estimate of drug-likeness (QED) is 0.522. The molecular formula is C18H20ClN3O5S2. The van der Waals surface area contributed by atoms with Crippen LogP contribution in [0.5, 0.6) is 0 Å². The van der Waals surface area contributed by atoms with Gasteiger partial charge in [-0.25, -0.2) is 23.2 Å². The summed E-state index contributed by atoms with van der Waals surface area (Å²) in [5.74, 6) is -1.38. The number of nitrogens with one attached hydrogen (secondary N) is 1. The molecule has 0 fully saturated rings. The van der Waals surface area contributed by atoms with Crippen LogP contribution in [0.1, 0.15) is 57.5 Å². The molecule has 0 unspecified atom stereocenters. The molecule has 1 aliphatic rings. The third-order valence-electron chi connectivity index (χ3n) is 4.48. The lowest BCUT2D eigenvalue weighted by Crippen LogP contribution is -2.19. The fourth-order valence-electron chi connectivity index (χ4n) is 3.15. The summed E-state index contributed by atoms with van der Waals surface area (Å²) in [6, 6.07) is 0. The van der Waals surface area contributed by atoms with E-state index in [9.17, 15) is 18.0 Å². The van der Waals surface area contributed by atoms with E-state index < -0.39 is 26.9 Å². The monoisotopic (exact) mass is 457 g/mol. The number of methoxy groups -OCH3 is 1. The van der Waals surface area contributed by atoms with E-state index in [0.717, 1.165) is 42.3 Å². The smallest absolute Gasteiger partial charge is 0.341 e. The Bertz CT molecular complexity index is 1070. The molecule has 0 radical (unpaired) electrons. The number of rotatable bonds is 6. The fourth-order valence-corrected chi connectivity index (χ4v) is 5.77. The Balaban J connectivity index is 1.97. The van der Waals surface area contributed by atoms with E-state index >= 15 is 0 Å². The predicted octanol–water partition coefficient (Wildman–Crippen LogP) is 3.29. The summed E-state index contributed by atoms with van der Waals surface area (Å²) < 4.78 is 29.4. The van der Waals surface area contributed by atoms with Crippen molar-refractivity contribution >= 4 is 49.7 Å². The van der Waals surface area contributed by atoms with E-state index in [4.69, 9.17) is 16.3 Å². The number of sulfone groups is 1. The largest absolute Gasteiger partial charge is 0.465 e. The highest BCUT2D eigenvalue weighted by atomic mass is 35.5. The van der Waals surface area contributed by atoms with Crippen molar-refractivity contribution in [3.63, 3.8) is 0 Å². The number of carbonyl (C=O) groups is 2. The molecule has 0 aliphatic heterocycles. The Hall–Kier alpha value is -2.04. The van der Waals surface area contributed by atoms with Crippen molar-refractivity contribution in [1.29, 1.82) is 0 Å². The number of esters is 1. The molecule has 2 aromatic heterocycles. The van der Waals surface area contributed by atoms with Crippen LogP contribution >= 0.6 is 22.9 Å². The maximum absolute atomic E-state index is 12.8. The number of hydrogen-bond donors (Lipinski definition) is 1. The second kappa shape index (κ2) is 8.76. The van der Waals surface area contributed by atoms with E-state index in [2.05, 4.69) is 15.3 Å². The van der Waals surface area contributed by atoms with Gasteiger partial charge in [0.25, 0.3) is 5.91 Å². The first kappa shape index (κ1) is 21.7. The first-order valence-corrected chi connectivity index (χ1v) is 11.9. The van der Waals surface area contributed by atoms with Crippen LogP contribution < -0.4 is 5.32 Å². The highest BCUT2D eigenvalue weighted by Gasteiger charge is 2.28. The van der Waals surface area contributed by atoms with Gasteiger partial charge in [0, 0.05) is 4.88 Å². The van der Waals surface area contributed by atoms with Crippen LogP contribution in [-0.4, -0.2) is 43.1 Å². The summed E-state index contributed by atoms with van der Waals surface area (Å²) in [5, 5.41) is 2.47. The van der Waals surface area contributed by atoms with Gasteiger partial charge in [0.05, 0.1) is 29.6 Å². The zero-order valence-corrected chi connectivity index (χ0v) is 18.3. The first-order valence-electron chi connectivity index (χ1n) is 9.08. The molecule has 2 aromatic rings. The molecule has 3 rings (SSSR count). The molecule has 0 saturated heterocycles. The van der Waals surface area contributed by atoms with Crippen LogP contribution in [0.25, 0.3) is 0 Å². The van der Waals surface area contributed by atoms with Crippen molar-refractivity contribution < 1.29 is 22.7 Å². The van der Waals surface area contributed by atoms with Gasteiger partial charge in [-0.2, -0.15) is 0 Å². The second-order valence-electron chi connectivity index (χ2n) is 6.53. The molecule has 156 valence electrons. The number of amides is 1. The average Bonchev–Trinajstić information content (AvgIpc) is 3.05.